The molecule has 160 valence electrons. The van der Waals surface area contributed by atoms with Crippen LogP contribution in [0.3, 0.4) is 0 Å². The van der Waals surface area contributed by atoms with Gasteiger partial charge in [-0.2, -0.15) is 0 Å². The summed E-state index contributed by atoms with van der Waals surface area (Å²) in [6.45, 7) is 2.16. The Balaban J connectivity index is 1.88. The zero-order valence-electron chi connectivity index (χ0n) is 17.9. The first-order valence-electron chi connectivity index (χ1n) is 11.1. The van der Waals surface area contributed by atoms with Crippen LogP contribution in [0.1, 0.15) is 94.3 Å². The molecule has 0 spiro atoms. The first kappa shape index (κ1) is 23.3. The highest BCUT2D eigenvalue weighted by Crippen LogP contribution is 2.40. The third-order valence-corrected chi connectivity index (χ3v) is 5.97. The van der Waals surface area contributed by atoms with Crippen molar-refractivity contribution in [3.05, 3.63) is 47.5 Å². The maximum absolute atomic E-state index is 12.4. The van der Waals surface area contributed by atoms with Crippen LogP contribution in [-0.2, 0) is 14.3 Å². The van der Waals surface area contributed by atoms with Gasteiger partial charge in [0.25, 0.3) is 0 Å². The number of carbonyl (C=O) groups is 2. The van der Waals surface area contributed by atoms with Gasteiger partial charge in [0.2, 0.25) is 0 Å². The molecule has 0 saturated heterocycles. The van der Waals surface area contributed by atoms with Gasteiger partial charge in [0, 0.05) is 18.8 Å². The smallest absolute Gasteiger partial charge is 0.305 e. The molecule has 2 rings (SSSR count). The number of ether oxygens (including phenoxy) is 1. The minimum Gasteiger partial charge on any atom is -0.469 e. The first-order chi connectivity index (χ1) is 14.1. The quantitative estimate of drug-likeness (QED) is 0.280. The summed E-state index contributed by atoms with van der Waals surface area (Å²) in [5, 5.41) is 10.3. The molecule has 0 amide bonds. The van der Waals surface area contributed by atoms with Gasteiger partial charge < -0.3 is 9.84 Å². The summed E-state index contributed by atoms with van der Waals surface area (Å²) in [5.74, 6) is 0.460. The van der Waals surface area contributed by atoms with E-state index in [-0.39, 0.29) is 17.8 Å². The maximum atomic E-state index is 12.4. The van der Waals surface area contributed by atoms with Gasteiger partial charge in [0.05, 0.1) is 13.2 Å². The zero-order valence-corrected chi connectivity index (χ0v) is 17.9. The third kappa shape index (κ3) is 7.43. The summed E-state index contributed by atoms with van der Waals surface area (Å²) in [7, 11) is 1.41. The minimum atomic E-state index is -0.399. The SMILES string of the molecule is CCCCCC(O)c1ccc(C2CCC(=O)[C@@H]2C/C=C\CCCC(=O)OC)cc1. The second-order valence-corrected chi connectivity index (χ2v) is 8.07. The summed E-state index contributed by atoms with van der Waals surface area (Å²) >= 11 is 0. The molecule has 29 heavy (non-hydrogen) atoms. The molecule has 0 bridgehead atoms. The Morgan fingerprint density at radius 1 is 1.21 bits per heavy atom. The molecule has 1 aliphatic carbocycles. The van der Waals surface area contributed by atoms with E-state index in [2.05, 4.69) is 35.9 Å². The lowest BCUT2D eigenvalue weighted by Gasteiger charge is -2.19. The molecular formula is C25H36O4. The van der Waals surface area contributed by atoms with Gasteiger partial charge in [-0.05, 0) is 49.1 Å². The predicted molar refractivity (Wildman–Crippen MR) is 116 cm³/mol. The highest BCUT2D eigenvalue weighted by atomic mass is 16.5. The number of allylic oxidation sites excluding steroid dienone is 2. The molecule has 1 fully saturated rings. The Hall–Kier alpha value is -1.94. The molecule has 4 heteroatoms. The van der Waals surface area contributed by atoms with E-state index in [1.807, 2.05) is 12.1 Å². The van der Waals surface area contributed by atoms with E-state index in [1.54, 1.807) is 0 Å². The number of hydrogen-bond donors (Lipinski definition) is 1. The van der Waals surface area contributed by atoms with Gasteiger partial charge in [-0.15, -0.1) is 0 Å². The average molecular weight is 401 g/mol. The zero-order chi connectivity index (χ0) is 21.1. The molecule has 2 unspecified atom stereocenters. The number of aliphatic hydroxyl groups excluding tert-OH is 1. The molecule has 1 aliphatic rings. The molecule has 1 aromatic rings. The number of benzene rings is 1. The largest absolute Gasteiger partial charge is 0.469 e. The van der Waals surface area contributed by atoms with E-state index in [0.29, 0.717) is 18.6 Å². The number of Topliss-reactive ketones (excluding diaryl/α,β-unsaturated/α-hetero) is 1. The van der Waals surface area contributed by atoms with E-state index in [4.69, 9.17) is 0 Å². The standard InChI is InChI=1S/C25H36O4/c1-3-4-7-11-23(26)20-15-13-19(14-16-20)21-17-18-24(27)22(21)10-8-5-6-9-12-25(28)29-2/h5,8,13-16,21-23,26H,3-4,6-7,9-12,17-18H2,1-2H3/b8-5-/t21?,22-,23?/m1/s1. The number of hydrogen-bond acceptors (Lipinski definition) is 4. The summed E-state index contributed by atoms with van der Waals surface area (Å²) in [6, 6.07) is 8.23. The normalized spacial score (nSPS) is 20.3. The lowest BCUT2D eigenvalue weighted by molar-refractivity contribution is -0.140. The maximum Gasteiger partial charge on any atom is 0.305 e. The van der Waals surface area contributed by atoms with Crippen molar-refractivity contribution in [3.63, 3.8) is 0 Å². The molecule has 0 aliphatic heterocycles. The number of unbranched alkanes of at least 4 members (excludes halogenated alkanes) is 3. The summed E-state index contributed by atoms with van der Waals surface area (Å²) in [6.07, 6.45) is 12.2. The van der Waals surface area contributed by atoms with E-state index in [0.717, 1.165) is 56.9 Å². The van der Waals surface area contributed by atoms with Crippen molar-refractivity contribution in [2.24, 2.45) is 5.92 Å². The molecule has 1 saturated carbocycles. The van der Waals surface area contributed by atoms with Crippen molar-refractivity contribution in [2.75, 3.05) is 7.11 Å². The van der Waals surface area contributed by atoms with Crippen molar-refractivity contribution in [1.29, 1.82) is 0 Å². The number of methoxy groups -OCH3 is 1. The van der Waals surface area contributed by atoms with Gasteiger partial charge in [-0.1, -0.05) is 62.6 Å². The van der Waals surface area contributed by atoms with E-state index < -0.39 is 6.10 Å². The fraction of sp³-hybridized carbons (Fsp3) is 0.600. The van der Waals surface area contributed by atoms with Crippen molar-refractivity contribution in [2.45, 2.75) is 83.2 Å². The fourth-order valence-electron chi connectivity index (χ4n) is 4.15. The predicted octanol–water partition coefficient (Wildman–Crippen LogP) is 5.65. The highest BCUT2D eigenvalue weighted by molar-refractivity contribution is 5.84. The summed E-state index contributed by atoms with van der Waals surface area (Å²) in [5.41, 5.74) is 2.17. The Labute approximate surface area is 175 Å². The molecule has 0 aromatic heterocycles. The number of carbonyl (C=O) groups excluding carboxylic acids is 2. The number of rotatable bonds is 12. The molecule has 4 nitrogen and oxygen atoms in total. The van der Waals surface area contributed by atoms with Crippen LogP contribution in [0.15, 0.2) is 36.4 Å². The third-order valence-electron chi connectivity index (χ3n) is 5.97. The van der Waals surface area contributed by atoms with E-state index in [1.165, 1.54) is 12.7 Å². The van der Waals surface area contributed by atoms with Crippen LogP contribution in [0.25, 0.3) is 0 Å². The second kappa shape index (κ2) is 12.6. The van der Waals surface area contributed by atoms with Crippen LogP contribution in [-0.4, -0.2) is 24.0 Å². The average Bonchev–Trinajstić information content (AvgIpc) is 3.10. The van der Waals surface area contributed by atoms with Crippen LogP contribution >= 0.6 is 0 Å². The monoisotopic (exact) mass is 400 g/mol. The van der Waals surface area contributed by atoms with Gasteiger partial charge >= 0.3 is 5.97 Å². The summed E-state index contributed by atoms with van der Waals surface area (Å²) in [4.78, 5) is 23.5. The van der Waals surface area contributed by atoms with Crippen LogP contribution in [0, 0.1) is 5.92 Å². The van der Waals surface area contributed by atoms with Crippen molar-refractivity contribution < 1.29 is 19.4 Å². The van der Waals surface area contributed by atoms with Crippen molar-refractivity contribution >= 4 is 11.8 Å². The Bertz CT molecular complexity index is 662. The molecule has 1 aromatic carbocycles. The van der Waals surface area contributed by atoms with E-state index in [9.17, 15) is 14.7 Å². The minimum absolute atomic E-state index is 0.0344. The summed E-state index contributed by atoms with van der Waals surface area (Å²) < 4.78 is 4.64. The topological polar surface area (TPSA) is 63.6 Å². The Morgan fingerprint density at radius 2 is 1.97 bits per heavy atom. The van der Waals surface area contributed by atoms with Crippen LogP contribution in [0.5, 0.6) is 0 Å². The molecule has 3 atom stereocenters. The first-order valence-corrected chi connectivity index (χ1v) is 11.1. The molecule has 0 radical (unpaired) electrons. The lowest BCUT2D eigenvalue weighted by Crippen LogP contribution is -2.12. The Kier molecular flexibility index (Phi) is 10.1. The van der Waals surface area contributed by atoms with Gasteiger partial charge in [-0.25, -0.2) is 0 Å². The Morgan fingerprint density at radius 3 is 2.66 bits per heavy atom. The van der Waals surface area contributed by atoms with Crippen LogP contribution in [0.4, 0.5) is 0 Å². The number of aliphatic hydroxyl groups is 1. The number of ketones is 1. The lowest BCUT2D eigenvalue weighted by atomic mass is 9.85. The van der Waals surface area contributed by atoms with Gasteiger partial charge in [0.1, 0.15) is 5.78 Å². The molecule has 0 heterocycles. The van der Waals surface area contributed by atoms with Crippen LogP contribution < -0.4 is 0 Å². The molecular weight excluding hydrogens is 364 g/mol. The van der Waals surface area contributed by atoms with Crippen LogP contribution in [0.2, 0.25) is 0 Å². The van der Waals surface area contributed by atoms with Gasteiger partial charge in [0.15, 0.2) is 0 Å². The number of esters is 1. The fourth-order valence-corrected chi connectivity index (χ4v) is 4.15. The van der Waals surface area contributed by atoms with Crippen molar-refractivity contribution in [3.8, 4) is 0 Å². The highest BCUT2D eigenvalue weighted by Gasteiger charge is 2.34. The second-order valence-electron chi connectivity index (χ2n) is 8.07. The van der Waals surface area contributed by atoms with Crippen molar-refractivity contribution in [1.82, 2.24) is 0 Å². The van der Waals surface area contributed by atoms with Gasteiger partial charge in [-0.3, -0.25) is 9.59 Å². The van der Waals surface area contributed by atoms with E-state index >= 15 is 0 Å². The molecule has 1 N–H and O–H groups in total.